The van der Waals surface area contributed by atoms with Gasteiger partial charge in [-0.1, -0.05) is 30.3 Å². The second-order valence-corrected chi connectivity index (χ2v) is 6.93. The van der Waals surface area contributed by atoms with E-state index in [1.807, 2.05) is 30.3 Å². The van der Waals surface area contributed by atoms with Gasteiger partial charge in [0.15, 0.2) is 0 Å². The fourth-order valence-corrected chi connectivity index (χ4v) is 3.31. The molecule has 1 aromatic heterocycles. The number of aliphatic carboxylic acids is 1. The number of aromatic nitrogens is 1. The lowest BCUT2D eigenvalue weighted by atomic mass is 10.0. The van der Waals surface area contributed by atoms with Gasteiger partial charge in [-0.25, -0.2) is 4.79 Å². The quantitative estimate of drug-likeness (QED) is 0.731. The standard InChI is InChI=1S/C21H25N3O4/c25-20(26)7-6-17(14-16-4-2-1-3-5-16)23-21(27)24-13-10-19(15-24)28-18-8-11-22-12-9-18/h1-5,8-9,11-12,17,19H,6-7,10,13-15H2,(H,23,27)(H,25,26). The van der Waals surface area contributed by atoms with E-state index in [9.17, 15) is 9.59 Å². The molecule has 1 aliphatic rings. The average Bonchev–Trinajstić information content (AvgIpc) is 3.16. The molecular formula is C21H25N3O4. The highest BCUT2D eigenvalue weighted by Crippen LogP contribution is 2.18. The molecule has 28 heavy (non-hydrogen) atoms. The first kappa shape index (κ1) is 19.7. The number of ether oxygens (including phenoxy) is 1. The summed E-state index contributed by atoms with van der Waals surface area (Å²) in [6.07, 6.45) is 5.06. The van der Waals surface area contributed by atoms with E-state index in [1.54, 1.807) is 29.4 Å². The van der Waals surface area contributed by atoms with Gasteiger partial charge in [-0.15, -0.1) is 0 Å². The molecule has 1 aliphatic heterocycles. The molecule has 7 nitrogen and oxygen atoms in total. The van der Waals surface area contributed by atoms with E-state index in [2.05, 4.69) is 10.3 Å². The minimum atomic E-state index is -0.862. The van der Waals surface area contributed by atoms with Crippen LogP contribution in [0.1, 0.15) is 24.8 Å². The Labute approximate surface area is 164 Å². The van der Waals surface area contributed by atoms with Crippen LogP contribution < -0.4 is 10.1 Å². The van der Waals surface area contributed by atoms with Gasteiger partial charge < -0.3 is 20.1 Å². The largest absolute Gasteiger partial charge is 0.488 e. The fraction of sp³-hybridized carbons (Fsp3) is 0.381. The van der Waals surface area contributed by atoms with Crippen LogP contribution in [0.5, 0.6) is 5.75 Å². The number of rotatable bonds is 8. The van der Waals surface area contributed by atoms with Crippen molar-refractivity contribution in [1.29, 1.82) is 0 Å². The molecule has 2 N–H and O–H groups in total. The molecule has 0 radical (unpaired) electrons. The number of likely N-dealkylation sites (tertiary alicyclic amines) is 1. The van der Waals surface area contributed by atoms with E-state index in [1.165, 1.54) is 0 Å². The molecule has 2 atom stereocenters. The van der Waals surface area contributed by atoms with Gasteiger partial charge in [0.1, 0.15) is 11.9 Å². The molecular weight excluding hydrogens is 358 g/mol. The van der Waals surface area contributed by atoms with E-state index < -0.39 is 5.97 Å². The van der Waals surface area contributed by atoms with Gasteiger partial charge in [0, 0.05) is 37.8 Å². The number of hydrogen-bond donors (Lipinski definition) is 2. The lowest BCUT2D eigenvalue weighted by Gasteiger charge is -2.23. The lowest BCUT2D eigenvalue weighted by molar-refractivity contribution is -0.137. The Morgan fingerprint density at radius 3 is 2.68 bits per heavy atom. The molecule has 148 valence electrons. The summed E-state index contributed by atoms with van der Waals surface area (Å²) in [6.45, 7) is 1.11. The van der Waals surface area contributed by atoms with Crippen molar-refractivity contribution in [2.75, 3.05) is 13.1 Å². The number of amides is 2. The number of nitrogens with one attached hydrogen (secondary N) is 1. The highest BCUT2D eigenvalue weighted by atomic mass is 16.5. The number of hydrogen-bond acceptors (Lipinski definition) is 4. The summed E-state index contributed by atoms with van der Waals surface area (Å²) < 4.78 is 5.90. The van der Waals surface area contributed by atoms with E-state index in [4.69, 9.17) is 9.84 Å². The van der Waals surface area contributed by atoms with E-state index in [-0.39, 0.29) is 24.6 Å². The maximum Gasteiger partial charge on any atom is 0.317 e. The van der Waals surface area contributed by atoms with Crippen molar-refractivity contribution >= 4 is 12.0 Å². The maximum absolute atomic E-state index is 12.7. The van der Waals surface area contributed by atoms with Gasteiger partial charge in [0.25, 0.3) is 0 Å². The van der Waals surface area contributed by atoms with Crippen LogP contribution in [0.25, 0.3) is 0 Å². The smallest absolute Gasteiger partial charge is 0.317 e. The van der Waals surface area contributed by atoms with Crippen LogP contribution in [0.3, 0.4) is 0 Å². The molecule has 0 bridgehead atoms. The molecule has 1 aromatic carbocycles. The molecule has 0 aliphatic carbocycles. The summed E-state index contributed by atoms with van der Waals surface area (Å²) in [5.74, 6) is -0.120. The first-order valence-electron chi connectivity index (χ1n) is 9.48. The Bertz CT molecular complexity index is 770. The first-order valence-corrected chi connectivity index (χ1v) is 9.48. The number of pyridine rings is 1. The van der Waals surface area contributed by atoms with Crippen molar-refractivity contribution < 1.29 is 19.4 Å². The minimum absolute atomic E-state index is 0.0194. The third kappa shape index (κ3) is 5.97. The van der Waals surface area contributed by atoms with E-state index in [0.29, 0.717) is 25.9 Å². The summed E-state index contributed by atoms with van der Waals surface area (Å²) in [7, 11) is 0. The molecule has 3 rings (SSSR count). The summed E-state index contributed by atoms with van der Waals surface area (Å²) in [5, 5.41) is 12.0. The van der Waals surface area contributed by atoms with Crippen LogP contribution in [-0.4, -0.2) is 52.2 Å². The van der Waals surface area contributed by atoms with Gasteiger partial charge in [-0.05, 0) is 30.5 Å². The van der Waals surface area contributed by atoms with E-state index in [0.717, 1.165) is 17.7 Å². The van der Waals surface area contributed by atoms with Crippen LogP contribution in [0.2, 0.25) is 0 Å². The Balaban J connectivity index is 1.54. The number of carboxylic acids is 1. The Hall–Kier alpha value is -3.09. The highest BCUT2D eigenvalue weighted by Gasteiger charge is 2.29. The Morgan fingerprint density at radius 1 is 1.21 bits per heavy atom. The van der Waals surface area contributed by atoms with Crippen molar-refractivity contribution in [3.63, 3.8) is 0 Å². The van der Waals surface area contributed by atoms with Crippen LogP contribution >= 0.6 is 0 Å². The van der Waals surface area contributed by atoms with Crippen LogP contribution in [-0.2, 0) is 11.2 Å². The van der Waals surface area contributed by atoms with Crippen molar-refractivity contribution in [1.82, 2.24) is 15.2 Å². The molecule has 0 saturated carbocycles. The van der Waals surface area contributed by atoms with Crippen molar-refractivity contribution in [2.24, 2.45) is 0 Å². The first-order chi connectivity index (χ1) is 13.6. The SMILES string of the molecule is O=C(O)CCC(Cc1ccccc1)NC(=O)N1CCC(Oc2ccncc2)C1. The number of carbonyl (C=O) groups is 2. The van der Waals surface area contributed by atoms with Gasteiger partial charge >= 0.3 is 12.0 Å². The number of carboxylic acid groups (broad SMARTS) is 1. The summed E-state index contributed by atoms with van der Waals surface area (Å²) in [6, 6.07) is 13.0. The molecule has 2 unspecified atom stereocenters. The van der Waals surface area contributed by atoms with Crippen LogP contribution in [0, 0.1) is 0 Å². The van der Waals surface area contributed by atoms with Crippen LogP contribution in [0.15, 0.2) is 54.9 Å². The lowest BCUT2D eigenvalue weighted by Crippen LogP contribution is -2.45. The number of nitrogens with zero attached hydrogens (tertiary/aromatic N) is 2. The molecule has 1 saturated heterocycles. The predicted molar refractivity (Wildman–Crippen MR) is 104 cm³/mol. The van der Waals surface area contributed by atoms with Gasteiger partial charge in [-0.2, -0.15) is 0 Å². The van der Waals surface area contributed by atoms with Gasteiger partial charge in [-0.3, -0.25) is 9.78 Å². The zero-order chi connectivity index (χ0) is 19.8. The molecule has 2 aromatic rings. The second-order valence-electron chi connectivity index (χ2n) is 6.93. The summed E-state index contributed by atoms with van der Waals surface area (Å²) in [5.41, 5.74) is 1.07. The topological polar surface area (TPSA) is 91.8 Å². The molecule has 0 spiro atoms. The number of carbonyl (C=O) groups excluding carboxylic acids is 1. The average molecular weight is 383 g/mol. The van der Waals surface area contributed by atoms with Crippen molar-refractivity contribution in [3.8, 4) is 5.75 Å². The molecule has 2 amide bonds. The summed E-state index contributed by atoms with van der Waals surface area (Å²) in [4.78, 5) is 29.4. The maximum atomic E-state index is 12.7. The molecule has 2 heterocycles. The summed E-state index contributed by atoms with van der Waals surface area (Å²) >= 11 is 0. The second kappa shape index (κ2) is 9.73. The number of benzene rings is 1. The normalized spacial score (nSPS) is 17.1. The molecule has 7 heteroatoms. The van der Waals surface area contributed by atoms with Crippen molar-refractivity contribution in [3.05, 3.63) is 60.4 Å². The van der Waals surface area contributed by atoms with Crippen molar-refractivity contribution in [2.45, 2.75) is 37.8 Å². The predicted octanol–water partition coefficient (Wildman–Crippen LogP) is 2.72. The zero-order valence-corrected chi connectivity index (χ0v) is 15.7. The van der Waals surface area contributed by atoms with Gasteiger partial charge in [0.2, 0.25) is 0 Å². The molecule has 1 fully saturated rings. The van der Waals surface area contributed by atoms with Gasteiger partial charge in [0.05, 0.1) is 6.54 Å². The Morgan fingerprint density at radius 2 is 1.96 bits per heavy atom. The highest BCUT2D eigenvalue weighted by molar-refractivity contribution is 5.75. The fourth-order valence-electron chi connectivity index (χ4n) is 3.31. The Kier molecular flexibility index (Phi) is 6.84. The number of urea groups is 1. The monoisotopic (exact) mass is 383 g/mol. The van der Waals surface area contributed by atoms with E-state index >= 15 is 0 Å². The third-order valence-corrected chi connectivity index (χ3v) is 4.74. The zero-order valence-electron chi connectivity index (χ0n) is 15.7. The minimum Gasteiger partial charge on any atom is -0.488 e. The third-order valence-electron chi connectivity index (χ3n) is 4.74. The van der Waals surface area contributed by atoms with Crippen LogP contribution in [0.4, 0.5) is 4.79 Å².